The molecule has 3 rings (SSSR count). The van der Waals surface area contributed by atoms with Gasteiger partial charge in [-0.05, 0) is 37.1 Å². The molecule has 0 aliphatic carbocycles. The Bertz CT molecular complexity index is 1040. The number of carbonyl (C=O) groups is 3. The van der Waals surface area contributed by atoms with Gasteiger partial charge < -0.3 is 15.7 Å². The Labute approximate surface area is 180 Å². The lowest BCUT2D eigenvalue weighted by molar-refractivity contribution is -0.142. The van der Waals surface area contributed by atoms with E-state index in [4.69, 9.17) is 0 Å². The first-order valence-electron chi connectivity index (χ1n) is 9.74. The molecule has 31 heavy (non-hydrogen) atoms. The van der Waals surface area contributed by atoms with Gasteiger partial charge in [0.05, 0.1) is 4.90 Å². The second-order valence-electron chi connectivity index (χ2n) is 7.06. The van der Waals surface area contributed by atoms with Gasteiger partial charge in [-0.25, -0.2) is 13.2 Å². The van der Waals surface area contributed by atoms with Crippen molar-refractivity contribution in [1.82, 2.24) is 14.9 Å². The van der Waals surface area contributed by atoms with Crippen molar-refractivity contribution in [2.24, 2.45) is 0 Å². The second kappa shape index (κ2) is 9.71. The molecular formula is C21H23N3O6S. The Morgan fingerprint density at radius 1 is 1.03 bits per heavy atom. The number of nitrogens with zero attached hydrogens (tertiary/aromatic N) is 1. The van der Waals surface area contributed by atoms with Gasteiger partial charge in [0.2, 0.25) is 15.9 Å². The summed E-state index contributed by atoms with van der Waals surface area (Å²) in [6, 6.07) is 13.6. The molecular weight excluding hydrogens is 422 g/mol. The Morgan fingerprint density at radius 2 is 1.65 bits per heavy atom. The lowest BCUT2D eigenvalue weighted by Gasteiger charge is -2.25. The zero-order valence-corrected chi connectivity index (χ0v) is 17.4. The molecule has 2 atom stereocenters. The van der Waals surface area contributed by atoms with E-state index in [-0.39, 0.29) is 24.4 Å². The Kier molecular flexibility index (Phi) is 7.03. The van der Waals surface area contributed by atoms with E-state index in [2.05, 4.69) is 10.6 Å². The maximum atomic E-state index is 12.9. The van der Waals surface area contributed by atoms with Crippen molar-refractivity contribution in [1.29, 1.82) is 0 Å². The van der Waals surface area contributed by atoms with E-state index >= 15 is 0 Å². The van der Waals surface area contributed by atoms with Crippen molar-refractivity contribution in [3.8, 4) is 0 Å². The van der Waals surface area contributed by atoms with Gasteiger partial charge in [-0.3, -0.25) is 9.59 Å². The SMILES string of the molecule is O=C(NCC(NC(=O)C1CCCN1S(=O)(=O)c1ccccc1)C(=O)O)c1ccccc1. The van der Waals surface area contributed by atoms with Crippen LogP contribution >= 0.6 is 0 Å². The van der Waals surface area contributed by atoms with Gasteiger partial charge in [0.25, 0.3) is 5.91 Å². The molecule has 2 aromatic carbocycles. The number of carboxylic acid groups (broad SMARTS) is 1. The third-order valence-electron chi connectivity index (χ3n) is 4.97. The minimum absolute atomic E-state index is 0.0691. The fourth-order valence-corrected chi connectivity index (χ4v) is 5.05. The van der Waals surface area contributed by atoms with E-state index in [1.165, 1.54) is 12.1 Å². The molecule has 9 nitrogen and oxygen atoms in total. The van der Waals surface area contributed by atoms with Crippen molar-refractivity contribution in [3.05, 3.63) is 66.2 Å². The molecule has 1 heterocycles. The van der Waals surface area contributed by atoms with E-state index < -0.39 is 39.9 Å². The summed E-state index contributed by atoms with van der Waals surface area (Å²) in [6.07, 6.45) is 0.757. The predicted octanol–water partition coefficient (Wildman–Crippen LogP) is 0.839. The summed E-state index contributed by atoms with van der Waals surface area (Å²) in [6.45, 7) is -0.176. The normalized spacial score (nSPS) is 17.6. The van der Waals surface area contributed by atoms with E-state index in [0.717, 1.165) is 4.31 Å². The number of hydrogen-bond acceptors (Lipinski definition) is 5. The summed E-state index contributed by atoms with van der Waals surface area (Å²) >= 11 is 0. The molecule has 0 bridgehead atoms. The molecule has 0 saturated carbocycles. The summed E-state index contributed by atoms with van der Waals surface area (Å²) in [5, 5.41) is 14.3. The first kappa shape index (κ1) is 22.4. The van der Waals surface area contributed by atoms with Crippen molar-refractivity contribution in [3.63, 3.8) is 0 Å². The third kappa shape index (κ3) is 5.28. The predicted molar refractivity (Wildman–Crippen MR) is 112 cm³/mol. The van der Waals surface area contributed by atoms with E-state index in [1.54, 1.807) is 48.5 Å². The first-order chi connectivity index (χ1) is 14.8. The minimum Gasteiger partial charge on any atom is -0.480 e. The van der Waals surface area contributed by atoms with E-state index in [0.29, 0.717) is 12.0 Å². The molecule has 0 radical (unpaired) electrons. The van der Waals surface area contributed by atoms with Crippen LogP contribution in [0, 0.1) is 0 Å². The van der Waals surface area contributed by atoms with Crippen LogP contribution in [0.15, 0.2) is 65.6 Å². The average Bonchev–Trinajstić information content (AvgIpc) is 3.28. The fraction of sp³-hybridized carbons (Fsp3) is 0.286. The number of benzene rings is 2. The highest BCUT2D eigenvalue weighted by molar-refractivity contribution is 7.89. The van der Waals surface area contributed by atoms with Crippen LogP contribution in [0.2, 0.25) is 0 Å². The number of carboxylic acids is 1. The van der Waals surface area contributed by atoms with Crippen LogP contribution in [0.25, 0.3) is 0 Å². The Morgan fingerprint density at radius 3 is 2.26 bits per heavy atom. The van der Waals surface area contributed by atoms with Gasteiger partial charge in [-0.15, -0.1) is 0 Å². The van der Waals surface area contributed by atoms with Crippen LogP contribution in [0.1, 0.15) is 23.2 Å². The number of amides is 2. The second-order valence-corrected chi connectivity index (χ2v) is 8.95. The molecule has 0 aromatic heterocycles. The van der Waals surface area contributed by atoms with Crippen molar-refractivity contribution >= 4 is 27.8 Å². The van der Waals surface area contributed by atoms with Crippen molar-refractivity contribution < 1.29 is 27.9 Å². The van der Waals surface area contributed by atoms with Gasteiger partial charge in [0, 0.05) is 18.7 Å². The summed E-state index contributed by atoms with van der Waals surface area (Å²) in [4.78, 5) is 36.6. The van der Waals surface area contributed by atoms with Crippen LogP contribution in [0.5, 0.6) is 0 Å². The number of hydrogen-bond donors (Lipinski definition) is 3. The summed E-state index contributed by atoms with van der Waals surface area (Å²) < 4.78 is 26.9. The molecule has 0 spiro atoms. The van der Waals surface area contributed by atoms with Gasteiger partial charge >= 0.3 is 5.97 Å². The van der Waals surface area contributed by atoms with Crippen LogP contribution in [-0.4, -0.2) is 60.8 Å². The zero-order chi connectivity index (χ0) is 22.4. The molecule has 1 aliphatic rings. The first-order valence-corrected chi connectivity index (χ1v) is 11.2. The van der Waals surface area contributed by atoms with Gasteiger partial charge in [0.1, 0.15) is 12.1 Å². The van der Waals surface area contributed by atoms with Gasteiger partial charge in [0.15, 0.2) is 0 Å². The number of sulfonamides is 1. The van der Waals surface area contributed by atoms with E-state index in [1.807, 2.05) is 0 Å². The smallest absolute Gasteiger partial charge is 0.328 e. The number of carbonyl (C=O) groups excluding carboxylic acids is 2. The molecule has 1 fully saturated rings. The lowest BCUT2D eigenvalue weighted by Crippen LogP contribution is -2.54. The molecule has 2 aromatic rings. The van der Waals surface area contributed by atoms with Crippen LogP contribution in [-0.2, 0) is 19.6 Å². The van der Waals surface area contributed by atoms with Gasteiger partial charge in [-0.2, -0.15) is 4.31 Å². The molecule has 10 heteroatoms. The fourth-order valence-electron chi connectivity index (χ4n) is 3.37. The van der Waals surface area contributed by atoms with Crippen LogP contribution < -0.4 is 10.6 Å². The summed E-state index contributed by atoms with van der Waals surface area (Å²) in [5.74, 6) is -2.52. The molecule has 1 saturated heterocycles. The number of rotatable bonds is 8. The molecule has 164 valence electrons. The largest absolute Gasteiger partial charge is 0.480 e. The lowest BCUT2D eigenvalue weighted by atomic mass is 10.2. The highest BCUT2D eigenvalue weighted by Gasteiger charge is 2.40. The average molecular weight is 445 g/mol. The standard InChI is InChI=1S/C21H23N3O6S/c25-19(15-8-3-1-4-9-15)22-14-17(21(27)28)23-20(26)18-12-7-13-24(18)31(29,30)16-10-5-2-6-11-16/h1-6,8-11,17-18H,7,12-14H2,(H,22,25)(H,23,26)(H,27,28). The maximum absolute atomic E-state index is 12.9. The molecule has 2 amide bonds. The quantitative estimate of drug-likeness (QED) is 0.552. The summed E-state index contributed by atoms with van der Waals surface area (Å²) in [7, 11) is -3.90. The Hall–Kier alpha value is -3.24. The summed E-state index contributed by atoms with van der Waals surface area (Å²) in [5.41, 5.74) is 0.355. The molecule has 3 N–H and O–H groups in total. The monoisotopic (exact) mass is 445 g/mol. The van der Waals surface area contributed by atoms with Crippen molar-refractivity contribution in [2.75, 3.05) is 13.1 Å². The number of nitrogens with one attached hydrogen (secondary N) is 2. The van der Waals surface area contributed by atoms with E-state index in [9.17, 15) is 27.9 Å². The minimum atomic E-state index is -3.90. The number of aliphatic carboxylic acids is 1. The zero-order valence-electron chi connectivity index (χ0n) is 16.6. The third-order valence-corrected chi connectivity index (χ3v) is 6.90. The van der Waals surface area contributed by atoms with Crippen LogP contribution in [0.4, 0.5) is 0 Å². The van der Waals surface area contributed by atoms with Crippen LogP contribution in [0.3, 0.4) is 0 Å². The molecule has 1 aliphatic heterocycles. The van der Waals surface area contributed by atoms with Crippen molar-refractivity contribution in [2.45, 2.75) is 29.8 Å². The molecule has 2 unspecified atom stereocenters. The maximum Gasteiger partial charge on any atom is 0.328 e. The Balaban J connectivity index is 1.67. The topological polar surface area (TPSA) is 133 Å². The highest BCUT2D eigenvalue weighted by Crippen LogP contribution is 2.26. The highest BCUT2D eigenvalue weighted by atomic mass is 32.2. The van der Waals surface area contributed by atoms with Gasteiger partial charge in [-0.1, -0.05) is 36.4 Å².